The van der Waals surface area contributed by atoms with E-state index >= 15 is 0 Å². The first-order valence-corrected chi connectivity index (χ1v) is 8.99. The Balaban J connectivity index is 1.44. The Labute approximate surface area is 152 Å². The third kappa shape index (κ3) is 3.42. The molecule has 4 nitrogen and oxygen atoms in total. The van der Waals surface area contributed by atoms with Crippen LogP contribution >= 0.6 is 22.9 Å². The zero-order valence-corrected chi connectivity index (χ0v) is 14.7. The van der Waals surface area contributed by atoms with Crippen LogP contribution in [0.5, 0.6) is 0 Å². The Hall–Kier alpha value is -2.28. The lowest BCUT2D eigenvalue weighted by molar-refractivity contribution is 0.627. The molecule has 0 aliphatic carbocycles. The van der Waals surface area contributed by atoms with Crippen LogP contribution in [-0.2, 0) is 13.1 Å². The number of hydrogen-bond acceptors (Lipinski definition) is 4. The topological polar surface area (TPSA) is 42.7 Å². The first-order valence-electron chi connectivity index (χ1n) is 7.73. The molecule has 2 aromatic carbocycles. The molecule has 0 atom stereocenters. The van der Waals surface area contributed by atoms with Gasteiger partial charge in [-0.2, -0.15) is 0 Å². The molecule has 0 fully saturated rings. The average molecular weight is 373 g/mol. The van der Waals surface area contributed by atoms with Crippen LogP contribution in [0.3, 0.4) is 0 Å². The second-order valence-corrected chi connectivity index (χ2v) is 6.93. The summed E-state index contributed by atoms with van der Waals surface area (Å²) in [6.45, 7) is 1.34. The molecule has 126 valence electrons. The van der Waals surface area contributed by atoms with Crippen molar-refractivity contribution >= 4 is 33.0 Å². The number of fused-ring (bicyclic) bond motifs is 1. The van der Waals surface area contributed by atoms with Crippen molar-refractivity contribution in [3.63, 3.8) is 0 Å². The van der Waals surface area contributed by atoms with Crippen LogP contribution in [0.25, 0.3) is 15.8 Å². The number of nitrogens with zero attached hydrogens (tertiary/aromatic N) is 3. The zero-order chi connectivity index (χ0) is 17.2. The predicted octanol–water partition coefficient (Wildman–Crippen LogP) is 4.56. The van der Waals surface area contributed by atoms with E-state index in [-0.39, 0.29) is 5.82 Å². The van der Waals surface area contributed by atoms with Gasteiger partial charge in [-0.3, -0.25) is 0 Å². The molecule has 7 heteroatoms. The molecule has 4 aromatic rings. The molecule has 2 aromatic heterocycles. The highest BCUT2D eigenvalue weighted by molar-refractivity contribution is 7.17. The molecule has 0 amide bonds. The first kappa shape index (κ1) is 16.2. The quantitative estimate of drug-likeness (QED) is 0.558. The SMILES string of the molecule is Fc1ccc(-n2cc(CNCc3cccc4ccsc34)nn2)c(Cl)c1. The molecule has 0 bridgehead atoms. The molecule has 0 saturated carbocycles. The van der Waals surface area contributed by atoms with E-state index < -0.39 is 0 Å². The van der Waals surface area contributed by atoms with Crippen molar-refractivity contribution in [3.8, 4) is 5.69 Å². The Morgan fingerprint density at radius 2 is 2.08 bits per heavy atom. The summed E-state index contributed by atoms with van der Waals surface area (Å²) in [5, 5.41) is 15.3. The normalized spacial score (nSPS) is 11.3. The second-order valence-electron chi connectivity index (χ2n) is 5.61. The van der Waals surface area contributed by atoms with Gasteiger partial charge in [0.2, 0.25) is 0 Å². The van der Waals surface area contributed by atoms with Gasteiger partial charge in [-0.15, -0.1) is 16.4 Å². The van der Waals surface area contributed by atoms with Gasteiger partial charge in [0.05, 0.1) is 22.6 Å². The molecule has 0 radical (unpaired) electrons. The number of halogens is 2. The summed E-state index contributed by atoms with van der Waals surface area (Å²) in [6, 6.07) is 12.6. The number of hydrogen-bond donors (Lipinski definition) is 1. The summed E-state index contributed by atoms with van der Waals surface area (Å²) in [5.74, 6) is -0.376. The third-order valence-electron chi connectivity index (χ3n) is 3.88. The summed E-state index contributed by atoms with van der Waals surface area (Å²) >= 11 is 7.81. The minimum atomic E-state index is -0.376. The summed E-state index contributed by atoms with van der Waals surface area (Å²) in [4.78, 5) is 0. The molecule has 0 aliphatic rings. The van der Waals surface area contributed by atoms with Crippen LogP contribution in [0.2, 0.25) is 5.02 Å². The molecule has 0 saturated heterocycles. The van der Waals surface area contributed by atoms with Crippen molar-refractivity contribution in [2.24, 2.45) is 0 Å². The van der Waals surface area contributed by atoms with E-state index in [0.29, 0.717) is 17.3 Å². The van der Waals surface area contributed by atoms with Crippen molar-refractivity contribution < 1.29 is 4.39 Å². The van der Waals surface area contributed by atoms with Crippen molar-refractivity contribution in [2.45, 2.75) is 13.1 Å². The van der Waals surface area contributed by atoms with Gasteiger partial charge in [0.15, 0.2) is 0 Å². The van der Waals surface area contributed by atoms with E-state index in [1.807, 2.05) is 0 Å². The lowest BCUT2D eigenvalue weighted by atomic mass is 10.1. The lowest BCUT2D eigenvalue weighted by Gasteiger charge is -2.04. The smallest absolute Gasteiger partial charge is 0.124 e. The maximum Gasteiger partial charge on any atom is 0.124 e. The van der Waals surface area contributed by atoms with E-state index in [9.17, 15) is 4.39 Å². The van der Waals surface area contributed by atoms with Gasteiger partial charge >= 0.3 is 0 Å². The molecule has 2 heterocycles. The fraction of sp³-hybridized carbons (Fsp3) is 0.111. The maximum atomic E-state index is 13.1. The molecule has 0 unspecified atom stereocenters. The molecule has 0 aliphatic heterocycles. The molecule has 1 N–H and O–H groups in total. The van der Waals surface area contributed by atoms with Gasteiger partial charge < -0.3 is 5.32 Å². The summed E-state index contributed by atoms with van der Waals surface area (Å²) in [5.41, 5.74) is 2.66. The predicted molar refractivity (Wildman–Crippen MR) is 98.7 cm³/mol. The molecule has 0 spiro atoms. The van der Waals surface area contributed by atoms with Crippen LogP contribution in [0.4, 0.5) is 4.39 Å². The fourth-order valence-electron chi connectivity index (χ4n) is 2.68. The highest BCUT2D eigenvalue weighted by Gasteiger charge is 2.08. The highest BCUT2D eigenvalue weighted by atomic mass is 35.5. The maximum absolute atomic E-state index is 13.1. The minimum Gasteiger partial charge on any atom is -0.307 e. The van der Waals surface area contributed by atoms with Crippen molar-refractivity contribution in [1.29, 1.82) is 0 Å². The summed E-state index contributed by atoms with van der Waals surface area (Å²) < 4.78 is 16.0. The van der Waals surface area contributed by atoms with Crippen molar-refractivity contribution in [3.05, 3.63) is 76.1 Å². The largest absolute Gasteiger partial charge is 0.307 e. The van der Waals surface area contributed by atoms with Crippen LogP contribution in [0, 0.1) is 5.82 Å². The molecular weight excluding hydrogens is 359 g/mol. The van der Waals surface area contributed by atoms with Crippen LogP contribution in [-0.4, -0.2) is 15.0 Å². The fourth-order valence-corrected chi connectivity index (χ4v) is 3.85. The van der Waals surface area contributed by atoms with Crippen LogP contribution in [0.1, 0.15) is 11.3 Å². The number of rotatable bonds is 5. The standard InChI is InChI=1S/C18H14ClFN4S/c19-16-8-14(20)4-5-17(16)24-11-15(22-23-24)10-21-9-13-3-1-2-12-6-7-25-18(12)13/h1-8,11,21H,9-10H2. The van der Waals surface area contributed by atoms with E-state index in [1.165, 1.54) is 27.8 Å². The van der Waals surface area contributed by atoms with E-state index in [0.717, 1.165) is 12.2 Å². The van der Waals surface area contributed by atoms with Crippen LogP contribution in [0.15, 0.2) is 54.0 Å². The van der Waals surface area contributed by atoms with E-state index in [1.54, 1.807) is 28.3 Å². The monoisotopic (exact) mass is 372 g/mol. The van der Waals surface area contributed by atoms with Gasteiger partial charge in [-0.25, -0.2) is 9.07 Å². The molecular formula is C18H14ClFN4S. The van der Waals surface area contributed by atoms with Crippen molar-refractivity contribution in [1.82, 2.24) is 20.3 Å². The number of thiophene rings is 1. The second kappa shape index (κ2) is 6.92. The summed E-state index contributed by atoms with van der Waals surface area (Å²) in [7, 11) is 0. The number of aromatic nitrogens is 3. The van der Waals surface area contributed by atoms with E-state index in [4.69, 9.17) is 11.6 Å². The van der Waals surface area contributed by atoms with E-state index in [2.05, 4.69) is 45.3 Å². The van der Waals surface area contributed by atoms with Crippen LogP contribution < -0.4 is 5.32 Å². The van der Waals surface area contributed by atoms with Gasteiger partial charge in [-0.1, -0.05) is 35.0 Å². The molecule has 25 heavy (non-hydrogen) atoms. The zero-order valence-electron chi connectivity index (χ0n) is 13.1. The van der Waals surface area contributed by atoms with Gasteiger partial charge in [0.25, 0.3) is 0 Å². The minimum absolute atomic E-state index is 0.300. The lowest BCUT2D eigenvalue weighted by Crippen LogP contribution is -2.13. The number of benzene rings is 2. The van der Waals surface area contributed by atoms with Crippen molar-refractivity contribution in [2.75, 3.05) is 0 Å². The number of nitrogens with one attached hydrogen (secondary N) is 1. The summed E-state index contributed by atoms with van der Waals surface area (Å²) in [6.07, 6.45) is 1.79. The molecule has 4 rings (SSSR count). The Kier molecular flexibility index (Phi) is 4.48. The highest BCUT2D eigenvalue weighted by Crippen LogP contribution is 2.24. The average Bonchev–Trinajstić information content (AvgIpc) is 3.24. The Morgan fingerprint density at radius 3 is 2.96 bits per heavy atom. The van der Waals surface area contributed by atoms with Gasteiger partial charge in [-0.05, 0) is 40.6 Å². The first-order chi connectivity index (χ1) is 12.2. The van der Waals surface area contributed by atoms with Gasteiger partial charge in [0.1, 0.15) is 5.82 Å². The Morgan fingerprint density at radius 1 is 1.16 bits per heavy atom. The third-order valence-corrected chi connectivity index (χ3v) is 5.19. The van der Waals surface area contributed by atoms with Gasteiger partial charge in [0, 0.05) is 17.8 Å². The Bertz CT molecular complexity index is 1030.